The SMILES string of the molecule is COc1cc(/C=C2\SC(=O)N(CC(=O)Nc3cccc(SC)c3)C2=O)ccc1OC(F)F. The molecule has 0 radical (unpaired) electrons. The number of ether oxygens (including phenoxy) is 2. The summed E-state index contributed by atoms with van der Waals surface area (Å²) < 4.78 is 34.3. The number of anilines is 1. The molecule has 1 aliphatic rings. The van der Waals surface area contributed by atoms with Gasteiger partial charge in [0, 0.05) is 10.6 Å². The van der Waals surface area contributed by atoms with Crippen molar-refractivity contribution in [3.8, 4) is 11.5 Å². The van der Waals surface area contributed by atoms with E-state index in [1.54, 1.807) is 18.2 Å². The van der Waals surface area contributed by atoms with Crippen LogP contribution in [0, 0.1) is 0 Å². The molecule has 0 unspecified atom stereocenters. The van der Waals surface area contributed by atoms with Crippen LogP contribution in [-0.4, -0.2) is 48.5 Å². The predicted molar refractivity (Wildman–Crippen MR) is 119 cm³/mol. The lowest BCUT2D eigenvalue weighted by molar-refractivity contribution is -0.127. The highest BCUT2D eigenvalue weighted by molar-refractivity contribution is 8.18. The lowest BCUT2D eigenvalue weighted by Crippen LogP contribution is -2.36. The van der Waals surface area contributed by atoms with E-state index < -0.39 is 30.2 Å². The summed E-state index contributed by atoms with van der Waals surface area (Å²) in [6, 6.07) is 11.3. The monoisotopic (exact) mass is 480 g/mol. The summed E-state index contributed by atoms with van der Waals surface area (Å²) in [7, 11) is 1.29. The van der Waals surface area contributed by atoms with Crippen molar-refractivity contribution in [2.45, 2.75) is 11.5 Å². The van der Waals surface area contributed by atoms with Crippen molar-refractivity contribution < 1.29 is 32.6 Å². The number of alkyl halides is 2. The Morgan fingerprint density at radius 3 is 2.69 bits per heavy atom. The Kier molecular flexibility index (Phi) is 7.75. The van der Waals surface area contributed by atoms with Gasteiger partial charge >= 0.3 is 6.61 Å². The molecule has 0 aliphatic carbocycles. The minimum atomic E-state index is -3.01. The summed E-state index contributed by atoms with van der Waals surface area (Å²) in [6.07, 6.45) is 3.32. The number of rotatable bonds is 8. The number of imide groups is 1. The van der Waals surface area contributed by atoms with E-state index >= 15 is 0 Å². The zero-order valence-electron chi connectivity index (χ0n) is 17.0. The number of benzene rings is 2. The van der Waals surface area contributed by atoms with Gasteiger partial charge in [0.2, 0.25) is 5.91 Å². The first-order chi connectivity index (χ1) is 15.3. The van der Waals surface area contributed by atoms with Crippen molar-refractivity contribution in [3.05, 3.63) is 52.9 Å². The highest BCUT2D eigenvalue weighted by atomic mass is 32.2. The first-order valence-corrected chi connectivity index (χ1v) is 11.2. The van der Waals surface area contributed by atoms with Crippen LogP contribution in [-0.2, 0) is 9.59 Å². The average Bonchev–Trinajstić information content (AvgIpc) is 3.01. The average molecular weight is 481 g/mol. The molecule has 1 fully saturated rings. The van der Waals surface area contributed by atoms with Gasteiger partial charge in [-0.1, -0.05) is 12.1 Å². The second-order valence-electron chi connectivity index (χ2n) is 6.34. The van der Waals surface area contributed by atoms with Crippen LogP contribution in [0.2, 0.25) is 0 Å². The van der Waals surface area contributed by atoms with Gasteiger partial charge in [0.25, 0.3) is 11.1 Å². The third-order valence-electron chi connectivity index (χ3n) is 4.23. The molecule has 0 atom stereocenters. The molecule has 3 amide bonds. The van der Waals surface area contributed by atoms with Gasteiger partial charge in [0.1, 0.15) is 6.54 Å². The van der Waals surface area contributed by atoms with E-state index in [9.17, 15) is 23.2 Å². The minimum Gasteiger partial charge on any atom is -0.493 e. The molecule has 2 aromatic carbocycles. The largest absolute Gasteiger partial charge is 0.493 e. The van der Waals surface area contributed by atoms with E-state index in [0.29, 0.717) is 23.0 Å². The van der Waals surface area contributed by atoms with E-state index in [-0.39, 0.29) is 16.4 Å². The number of methoxy groups -OCH3 is 1. The number of hydrogen-bond donors (Lipinski definition) is 1. The second-order valence-corrected chi connectivity index (χ2v) is 8.21. The van der Waals surface area contributed by atoms with Crippen LogP contribution in [0.15, 0.2) is 52.3 Å². The molecule has 0 aromatic heterocycles. The smallest absolute Gasteiger partial charge is 0.387 e. The Morgan fingerprint density at radius 1 is 1.22 bits per heavy atom. The fraction of sp³-hybridized carbons (Fsp3) is 0.190. The van der Waals surface area contributed by atoms with Crippen molar-refractivity contribution in [2.75, 3.05) is 25.2 Å². The van der Waals surface area contributed by atoms with Gasteiger partial charge in [-0.15, -0.1) is 11.8 Å². The summed E-state index contributed by atoms with van der Waals surface area (Å²) in [5.41, 5.74) is 0.995. The number of amides is 3. The molecule has 1 aliphatic heterocycles. The van der Waals surface area contributed by atoms with Crippen LogP contribution in [0.3, 0.4) is 0 Å². The molecule has 1 N–H and O–H groups in total. The third kappa shape index (κ3) is 5.80. The first kappa shape index (κ1) is 23.6. The van der Waals surface area contributed by atoms with Crippen LogP contribution in [0.5, 0.6) is 11.5 Å². The van der Waals surface area contributed by atoms with Gasteiger partial charge in [-0.3, -0.25) is 19.3 Å². The fourth-order valence-electron chi connectivity index (χ4n) is 2.80. The maximum atomic E-state index is 12.7. The topological polar surface area (TPSA) is 84.9 Å². The molecule has 1 heterocycles. The van der Waals surface area contributed by atoms with E-state index in [4.69, 9.17) is 4.74 Å². The number of nitrogens with zero attached hydrogens (tertiary/aromatic N) is 1. The lowest BCUT2D eigenvalue weighted by Gasteiger charge is -2.13. The van der Waals surface area contributed by atoms with Crippen molar-refractivity contribution in [3.63, 3.8) is 0 Å². The van der Waals surface area contributed by atoms with Gasteiger partial charge in [-0.05, 0) is 60.0 Å². The molecule has 32 heavy (non-hydrogen) atoms. The van der Waals surface area contributed by atoms with Gasteiger partial charge in [0.05, 0.1) is 12.0 Å². The molecule has 0 saturated carbocycles. The first-order valence-electron chi connectivity index (χ1n) is 9.13. The van der Waals surface area contributed by atoms with Crippen molar-refractivity contribution in [2.24, 2.45) is 0 Å². The number of thioether (sulfide) groups is 2. The highest BCUT2D eigenvalue weighted by Gasteiger charge is 2.36. The summed E-state index contributed by atoms with van der Waals surface area (Å²) in [5, 5.41) is 2.08. The molecular formula is C21H18F2N2O5S2. The summed E-state index contributed by atoms with van der Waals surface area (Å²) >= 11 is 2.20. The zero-order valence-corrected chi connectivity index (χ0v) is 18.6. The van der Waals surface area contributed by atoms with Gasteiger partial charge in [-0.25, -0.2) is 0 Å². The van der Waals surface area contributed by atoms with Crippen molar-refractivity contribution >= 4 is 52.3 Å². The molecule has 168 valence electrons. The zero-order chi connectivity index (χ0) is 23.3. The number of hydrogen-bond acceptors (Lipinski definition) is 7. The second kappa shape index (κ2) is 10.5. The molecule has 0 bridgehead atoms. The highest BCUT2D eigenvalue weighted by Crippen LogP contribution is 2.35. The number of carbonyl (C=O) groups is 3. The Hall–Kier alpha value is -3.05. The number of halogens is 2. The van der Waals surface area contributed by atoms with Gasteiger partial charge in [-0.2, -0.15) is 8.78 Å². The molecule has 3 rings (SSSR count). The summed E-state index contributed by atoms with van der Waals surface area (Å²) in [5.74, 6) is -1.25. The fourth-order valence-corrected chi connectivity index (χ4v) is 4.10. The van der Waals surface area contributed by atoms with E-state index in [1.165, 1.54) is 43.1 Å². The molecule has 7 nitrogen and oxygen atoms in total. The van der Waals surface area contributed by atoms with Gasteiger partial charge < -0.3 is 14.8 Å². The summed E-state index contributed by atoms with van der Waals surface area (Å²) in [4.78, 5) is 39.2. The molecular weight excluding hydrogens is 462 g/mol. The van der Waals surface area contributed by atoms with Crippen LogP contribution < -0.4 is 14.8 Å². The molecule has 0 spiro atoms. The molecule has 11 heteroatoms. The maximum absolute atomic E-state index is 12.7. The Labute approximate surface area is 191 Å². The maximum Gasteiger partial charge on any atom is 0.387 e. The van der Waals surface area contributed by atoms with Crippen LogP contribution in [0.25, 0.3) is 6.08 Å². The third-order valence-corrected chi connectivity index (χ3v) is 5.86. The van der Waals surface area contributed by atoms with E-state index in [0.717, 1.165) is 9.80 Å². The Balaban J connectivity index is 1.71. The van der Waals surface area contributed by atoms with E-state index in [1.807, 2.05) is 12.3 Å². The lowest BCUT2D eigenvalue weighted by atomic mass is 10.2. The van der Waals surface area contributed by atoms with E-state index in [2.05, 4.69) is 10.1 Å². The van der Waals surface area contributed by atoms with Crippen molar-refractivity contribution in [1.29, 1.82) is 0 Å². The minimum absolute atomic E-state index is 0.0464. The number of nitrogens with one attached hydrogen (secondary N) is 1. The summed E-state index contributed by atoms with van der Waals surface area (Å²) in [6.45, 7) is -3.45. The Bertz CT molecular complexity index is 1080. The molecule has 2 aromatic rings. The quantitative estimate of drug-likeness (QED) is 0.433. The van der Waals surface area contributed by atoms with Crippen LogP contribution in [0.1, 0.15) is 5.56 Å². The van der Waals surface area contributed by atoms with Crippen LogP contribution >= 0.6 is 23.5 Å². The number of carbonyl (C=O) groups excluding carboxylic acids is 3. The van der Waals surface area contributed by atoms with Gasteiger partial charge in [0.15, 0.2) is 11.5 Å². The normalized spacial score (nSPS) is 14.9. The molecule has 1 saturated heterocycles. The van der Waals surface area contributed by atoms with Crippen LogP contribution in [0.4, 0.5) is 19.3 Å². The van der Waals surface area contributed by atoms with Crippen molar-refractivity contribution in [1.82, 2.24) is 4.90 Å². The standard InChI is InChI=1S/C21H18F2N2O5S2/c1-29-16-8-12(6-7-15(16)30-20(22)23)9-17-19(27)25(21(28)32-17)11-18(26)24-13-4-3-5-14(10-13)31-2/h3-10,20H,11H2,1-2H3,(H,24,26)/b17-9-. The Morgan fingerprint density at radius 2 is 2.00 bits per heavy atom. The predicted octanol–water partition coefficient (Wildman–Crippen LogP) is 4.69.